The summed E-state index contributed by atoms with van der Waals surface area (Å²) in [5.74, 6) is -0.215. The van der Waals surface area contributed by atoms with Gasteiger partial charge in [0.25, 0.3) is 0 Å². The van der Waals surface area contributed by atoms with E-state index < -0.39 is 54.4 Å². The molecule has 0 amide bonds. The molecule has 7 unspecified atom stereocenters. The third-order valence-electron chi connectivity index (χ3n) is 5.34. The van der Waals surface area contributed by atoms with E-state index in [0.29, 0.717) is 0 Å². The van der Waals surface area contributed by atoms with Crippen LogP contribution in [0, 0.1) is 5.41 Å². The predicted octanol–water partition coefficient (Wildman–Crippen LogP) is -1.60. The van der Waals surface area contributed by atoms with Crippen LogP contribution in [0.2, 0.25) is 0 Å². The maximum absolute atomic E-state index is 12.1. The molecule has 160 valence electrons. The van der Waals surface area contributed by atoms with Crippen molar-refractivity contribution < 1.29 is 44.9 Å². The lowest BCUT2D eigenvalue weighted by atomic mass is 9.64. The van der Waals surface area contributed by atoms with E-state index in [4.69, 9.17) is 9.47 Å². The number of rotatable bonds is 6. The first kappa shape index (κ1) is 23.1. The molecule has 7 atom stereocenters. The lowest BCUT2D eigenvalue weighted by molar-refractivity contribution is -0.299. The van der Waals surface area contributed by atoms with Gasteiger partial charge >= 0.3 is 0 Å². The van der Waals surface area contributed by atoms with Gasteiger partial charge in [-0.3, -0.25) is 4.79 Å². The number of carbonyl (C=O) groups is 1. The molecule has 0 aromatic rings. The summed E-state index contributed by atoms with van der Waals surface area (Å²) in [5.41, 5.74) is -2.30. The lowest BCUT2D eigenvalue weighted by Gasteiger charge is -2.45. The quantitative estimate of drug-likeness (QED) is 0.288. The van der Waals surface area contributed by atoms with E-state index in [-0.39, 0.29) is 24.4 Å². The number of aliphatic hydroxyl groups is 6. The molecule has 28 heavy (non-hydrogen) atoms. The zero-order valence-corrected chi connectivity index (χ0v) is 16.2. The number of hydrogen-bond donors (Lipinski definition) is 6. The van der Waals surface area contributed by atoms with Crippen molar-refractivity contribution in [3.05, 3.63) is 23.8 Å². The van der Waals surface area contributed by atoms with Crippen LogP contribution in [0.15, 0.2) is 23.8 Å². The van der Waals surface area contributed by atoms with Crippen LogP contribution in [0.1, 0.15) is 27.2 Å². The topological polar surface area (TPSA) is 157 Å². The predicted molar refractivity (Wildman–Crippen MR) is 97.0 cm³/mol. The summed E-state index contributed by atoms with van der Waals surface area (Å²) in [4.78, 5) is 12.1. The number of aliphatic hydroxyl groups excluding tert-OH is 5. The molecule has 6 N–H and O–H groups in total. The fraction of sp³-hybridized carbons (Fsp3) is 0.737. The first-order valence-corrected chi connectivity index (χ1v) is 9.18. The molecular weight excluding hydrogens is 372 g/mol. The minimum absolute atomic E-state index is 0.0806. The van der Waals surface area contributed by atoms with Crippen LogP contribution >= 0.6 is 0 Å². The van der Waals surface area contributed by atoms with Crippen molar-refractivity contribution in [2.24, 2.45) is 5.41 Å². The van der Waals surface area contributed by atoms with E-state index in [1.54, 1.807) is 13.8 Å². The van der Waals surface area contributed by atoms with E-state index in [9.17, 15) is 35.4 Å². The summed E-state index contributed by atoms with van der Waals surface area (Å²) < 4.78 is 10.8. The average Bonchev–Trinajstić information content (AvgIpc) is 2.61. The first-order valence-electron chi connectivity index (χ1n) is 9.18. The molecule has 0 aromatic carbocycles. The van der Waals surface area contributed by atoms with Gasteiger partial charge in [-0.25, -0.2) is 0 Å². The molecule has 9 heteroatoms. The molecule has 2 aliphatic rings. The van der Waals surface area contributed by atoms with Gasteiger partial charge in [-0.15, -0.1) is 0 Å². The van der Waals surface area contributed by atoms with Crippen LogP contribution in [-0.2, 0) is 14.3 Å². The Hall–Kier alpha value is -1.17. The normalized spacial score (nSPS) is 39.8. The maximum atomic E-state index is 12.1. The molecule has 0 radical (unpaired) electrons. The molecule has 0 aromatic heterocycles. The number of ether oxygens (including phenoxy) is 2. The summed E-state index contributed by atoms with van der Waals surface area (Å²) in [6, 6.07) is 0. The van der Waals surface area contributed by atoms with Gasteiger partial charge in [-0.2, -0.15) is 0 Å². The second-order valence-corrected chi connectivity index (χ2v) is 8.07. The highest BCUT2D eigenvalue weighted by molar-refractivity contribution is 5.93. The van der Waals surface area contributed by atoms with Gasteiger partial charge in [0.15, 0.2) is 12.1 Å². The van der Waals surface area contributed by atoms with Crippen molar-refractivity contribution in [3.8, 4) is 0 Å². The molecule has 9 nitrogen and oxygen atoms in total. The van der Waals surface area contributed by atoms with Crippen molar-refractivity contribution in [1.29, 1.82) is 0 Å². The molecule has 0 spiro atoms. The van der Waals surface area contributed by atoms with Gasteiger partial charge in [0, 0.05) is 11.8 Å². The summed E-state index contributed by atoms with van der Waals surface area (Å²) in [5, 5.41) is 59.8. The Morgan fingerprint density at radius 3 is 2.50 bits per heavy atom. The Kier molecular flexibility index (Phi) is 7.17. The number of hydrogen-bond acceptors (Lipinski definition) is 9. The van der Waals surface area contributed by atoms with E-state index in [2.05, 4.69) is 0 Å². The Balaban J connectivity index is 2.23. The van der Waals surface area contributed by atoms with Crippen LogP contribution in [0.4, 0.5) is 0 Å². The summed E-state index contributed by atoms with van der Waals surface area (Å²) in [7, 11) is 0. The van der Waals surface area contributed by atoms with Gasteiger partial charge in [0.2, 0.25) is 0 Å². The van der Waals surface area contributed by atoms with E-state index in [0.717, 1.165) is 0 Å². The summed E-state index contributed by atoms with van der Waals surface area (Å²) in [6.45, 7) is 4.02. The molecule has 0 bridgehead atoms. The van der Waals surface area contributed by atoms with Gasteiger partial charge in [0.05, 0.1) is 19.3 Å². The van der Waals surface area contributed by atoms with E-state index >= 15 is 0 Å². The molecular formula is C19H30O9. The monoisotopic (exact) mass is 402 g/mol. The fourth-order valence-corrected chi connectivity index (χ4v) is 3.50. The zero-order valence-electron chi connectivity index (χ0n) is 16.2. The third kappa shape index (κ3) is 4.52. The molecule has 0 saturated carbocycles. The Labute approximate surface area is 163 Å². The van der Waals surface area contributed by atoms with Crippen molar-refractivity contribution in [3.63, 3.8) is 0 Å². The van der Waals surface area contributed by atoms with Gasteiger partial charge in [-0.05, 0) is 24.6 Å². The molecule has 1 fully saturated rings. The van der Waals surface area contributed by atoms with Crippen molar-refractivity contribution in [2.75, 3.05) is 13.2 Å². The Bertz CT molecular complexity index is 625. The Morgan fingerprint density at radius 2 is 1.93 bits per heavy atom. The van der Waals surface area contributed by atoms with Crippen molar-refractivity contribution >= 4 is 5.78 Å². The van der Waals surface area contributed by atoms with E-state index in [1.165, 1.54) is 25.2 Å². The number of ketones is 1. The molecule has 1 aliphatic heterocycles. The van der Waals surface area contributed by atoms with E-state index in [1.807, 2.05) is 0 Å². The molecule has 1 saturated heterocycles. The highest BCUT2D eigenvalue weighted by Crippen LogP contribution is 2.44. The van der Waals surface area contributed by atoms with Gasteiger partial charge < -0.3 is 40.1 Å². The second kappa shape index (κ2) is 8.68. The van der Waals surface area contributed by atoms with Crippen LogP contribution in [-0.4, -0.2) is 92.0 Å². The molecule has 1 heterocycles. The fourth-order valence-electron chi connectivity index (χ4n) is 3.50. The smallest absolute Gasteiger partial charge is 0.187 e. The summed E-state index contributed by atoms with van der Waals surface area (Å²) in [6.07, 6.45) is -3.89. The minimum Gasteiger partial charge on any atom is -0.394 e. The van der Waals surface area contributed by atoms with Crippen LogP contribution in [0.25, 0.3) is 0 Å². The highest BCUT2D eigenvalue weighted by atomic mass is 16.7. The number of allylic oxidation sites excluding steroid dienone is 1. The molecule has 1 aliphatic carbocycles. The van der Waals surface area contributed by atoms with Crippen LogP contribution < -0.4 is 0 Å². The van der Waals surface area contributed by atoms with Crippen molar-refractivity contribution in [2.45, 2.75) is 69.6 Å². The maximum Gasteiger partial charge on any atom is 0.187 e. The van der Waals surface area contributed by atoms with Crippen LogP contribution in [0.5, 0.6) is 0 Å². The zero-order chi connectivity index (χ0) is 21.3. The summed E-state index contributed by atoms with van der Waals surface area (Å²) >= 11 is 0. The van der Waals surface area contributed by atoms with Gasteiger partial charge in [-0.1, -0.05) is 19.9 Å². The minimum atomic E-state index is -1.61. The average molecular weight is 402 g/mol. The Morgan fingerprint density at radius 1 is 1.29 bits per heavy atom. The SMILES string of the molecule is CC(O)C=CC1(O)C(COC2OC(CO)C(O)C(O)C2O)=CC(=O)CC1(C)C. The largest absolute Gasteiger partial charge is 0.394 e. The van der Waals surface area contributed by atoms with Gasteiger partial charge in [0.1, 0.15) is 30.0 Å². The lowest BCUT2D eigenvalue weighted by Crippen LogP contribution is -2.59. The first-order chi connectivity index (χ1) is 12.9. The highest BCUT2D eigenvalue weighted by Gasteiger charge is 2.49. The molecule has 2 rings (SSSR count). The third-order valence-corrected chi connectivity index (χ3v) is 5.34. The van der Waals surface area contributed by atoms with Crippen LogP contribution in [0.3, 0.4) is 0 Å². The standard InChI is InChI=1S/C19H30O9/c1-10(21)4-5-19(26)11(6-12(22)7-18(19,2)3)9-27-17-16(25)15(24)14(23)13(8-20)28-17/h4-6,10,13-17,20-21,23-26H,7-9H2,1-3H3. The second-order valence-electron chi connectivity index (χ2n) is 8.07. The van der Waals surface area contributed by atoms with Crippen molar-refractivity contribution in [1.82, 2.24) is 0 Å². The number of carbonyl (C=O) groups excluding carboxylic acids is 1.